The van der Waals surface area contributed by atoms with E-state index in [4.69, 9.17) is 16.7 Å². The number of nitrogens with one attached hydrogen (secondary N) is 1. The van der Waals surface area contributed by atoms with E-state index in [1.807, 2.05) is 4.72 Å². The van der Waals surface area contributed by atoms with E-state index in [1.165, 1.54) is 12.1 Å². The van der Waals surface area contributed by atoms with Crippen LogP contribution in [0.5, 0.6) is 0 Å². The van der Waals surface area contributed by atoms with E-state index in [9.17, 15) is 21.6 Å². The highest BCUT2D eigenvalue weighted by Crippen LogP contribution is 2.25. The Morgan fingerprint density at radius 1 is 1.40 bits per heavy atom. The summed E-state index contributed by atoms with van der Waals surface area (Å²) in [6.07, 6.45) is -5.76. The van der Waals surface area contributed by atoms with Gasteiger partial charge in [-0.1, -0.05) is 17.7 Å². The van der Waals surface area contributed by atoms with Crippen LogP contribution < -0.4 is 4.72 Å². The summed E-state index contributed by atoms with van der Waals surface area (Å²) in [5, 5.41) is 8.82. The summed E-state index contributed by atoms with van der Waals surface area (Å²) in [5.41, 5.74) is 0.290. The van der Waals surface area contributed by atoms with Crippen LogP contribution in [-0.2, 0) is 16.6 Å². The van der Waals surface area contributed by atoms with Crippen LogP contribution in [0.2, 0.25) is 5.02 Å². The summed E-state index contributed by atoms with van der Waals surface area (Å²) in [6, 6.07) is 2.47. The second kappa shape index (κ2) is 6.30. The molecule has 1 atom stereocenters. The molecular formula is C11H13ClF3NO3S. The topological polar surface area (TPSA) is 66.4 Å². The zero-order valence-corrected chi connectivity index (χ0v) is 12.0. The van der Waals surface area contributed by atoms with Crippen molar-refractivity contribution in [2.45, 2.75) is 37.1 Å². The number of halogens is 4. The molecule has 1 rings (SSSR count). The third-order valence-corrected chi connectivity index (χ3v) is 4.43. The Morgan fingerprint density at radius 2 is 2.00 bits per heavy atom. The minimum Gasteiger partial charge on any atom is -0.392 e. The predicted octanol–water partition coefficient (Wildman–Crippen LogP) is 2.45. The SMILES string of the molecule is CC(CC(F)(F)F)NS(=O)(=O)c1cc(CO)ccc1Cl. The van der Waals surface area contributed by atoms with E-state index < -0.39 is 35.3 Å². The Labute approximate surface area is 119 Å². The van der Waals surface area contributed by atoms with Crippen molar-refractivity contribution in [3.05, 3.63) is 28.8 Å². The molecule has 0 aliphatic heterocycles. The van der Waals surface area contributed by atoms with Gasteiger partial charge in [0.05, 0.1) is 18.1 Å². The van der Waals surface area contributed by atoms with E-state index in [2.05, 4.69) is 0 Å². The summed E-state index contributed by atoms with van der Waals surface area (Å²) in [6.45, 7) is 0.701. The van der Waals surface area contributed by atoms with E-state index >= 15 is 0 Å². The zero-order valence-electron chi connectivity index (χ0n) is 10.4. The van der Waals surface area contributed by atoms with Crippen LogP contribution >= 0.6 is 11.6 Å². The first-order chi connectivity index (χ1) is 9.05. The number of alkyl halides is 3. The summed E-state index contributed by atoms with van der Waals surface area (Å²) in [7, 11) is -4.19. The van der Waals surface area contributed by atoms with Gasteiger partial charge in [0.1, 0.15) is 4.90 Å². The molecule has 1 aromatic rings. The molecule has 9 heteroatoms. The molecule has 0 bridgehead atoms. The van der Waals surface area contributed by atoms with Crippen LogP contribution in [0, 0.1) is 0 Å². The van der Waals surface area contributed by atoms with Gasteiger partial charge < -0.3 is 5.11 Å². The zero-order chi connectivity index (χ0) is 15.6. The van der Waals surface area contributed by atoms with Gasteiger partial charge in [0.15, 0.2) is 0 Å². The molecule has 0 saturated heterocycles. The molecule has 0 spiro atoms. The molecule has 0 aliphatic rings. The molecular weight excluding hydrogens is 319 g/mol. The maximum atomic E-state index is 12.2. The Hall–Kier alpha value is -0.830. The fourth-order valence-electron chi connectivity index (χ4n) is 1.57. The fourth-order valence-corrected chi connectivity index (χ4v) is 3.36. The average Bonchev–Trinajstić information content (AvgIpc) is 2.25. The van der Waals surface area contributed by atoms with Crippen molar-refractivity contribution < 1.29 is 26.7 Å². The van der Waals surface area contributed by atoms with Crippen molar-refractivity contribution in [3.8, 4) is 0 Å². The highest BCUT2D eigenvalue weighted by Gasteiger charge is 2.32. The van der Waals surface area contributed by atoms with Gasteiger partial charge in [0, 0.05) is 6.04 Å². The number of hydrogen-bond acceptors (Lipinski definition) is 3. The maximum Gasteiger partial charge on any atom is 0.390 e. The molecule has 0 aliphatic carbocycles. The third-order valence-electron chi connectivity index (χ3n) is 2.36. The van der Waals surface area contributed by atoms with E-state index in [0.717, 1.165) is 13.0 Å². The number of rotatable bonds is 5. The third kappa shape index (κ3) is 4.93. The number of benzene rings is 1. The number of aliphatic hydroxyl groups excluding tert-OH is 1. The first-order valence-electron chi connectivity index (χ1n) is 5.53. The van der Waals surface area contributed by atoms with Crippen molar-refractivity contribution in [3.63, 3.8) is 0 Å². The molecule has 0 fully saturated rings. The highest BCUT2D eigenvalue weighted by atomic mass is 35.5. The van der Waals surface area contributed by atoms with Crippen molar-refractivity contribution in [2.75, 3.05) is 0 Å². The van der Waals surface area contributed by atoms with Gasteiger partial charge in [-0.15, -0.1) is 0 Å². The summed E-state index contributed by atoms with van der Waals surface area (Å²) in [5.74, 6) is 0. The van der Waals surface area contributed by atoms with Crippen LogP contribution in [0.15, 0.2) is 23.1 Å². The van der Waals surface area contributed by atoms with Gasteiger partial charge in [-0.2, -0.15) is 13.2 Å². The van der Waals surface area contributed by atoms with Crippen molar-refractivity contribution in [1.82, 2.24) is 4.72 Å². The van der Waals surface area contributed by atoms with Crippen molar-refractivity contribution >= 4 is 21.6 Å². The summed E-state index contributed by atoms with van der Waals surface area (Å²) in [4.78, 5) is -0.361. The molecule has 1 unspecified atom stereocenters. The van der Waals surface area contributed by atoms with E-state index in [0.29, 0.717) is 5.56 Å². The molecule has 2 N–H and O–H groups in total. The molecule has 4 nitrogen and oxygen atoms in total. The molecule has 0 amide bonds. The molecule has 0 radical (unpaired) electrons. The Kier molecular flexibility index (Phi) is 5.42. The number of sulfonamides is 1. The van der Waals surface area contributed by atoms with Crippen LogP contribution in [-0.4, -0.2) is 25.7 Å². The van der Waals surface area contributed by atoms with Gasteiger partial charge >= 0.3 is 6.18 Å². The fraction of sp³-hybridized carbons (Fsp3) is 0.455. The van der Waals surface area contributed by atoms with Crippen molar-refractivity contribution in [1.29, 1.82) is 0 Å². The lowest BCUT2D eigenvalue weighted by Gasteiger charge is -2.16. The standard InChI is InChI=1S/C11H13ClF3NO3S/c1-7(5-11(13,14)15)16-20(18,19)10-4-8(6-17)2-3-9(10)12/h2-4,7,16-17H,5-6H2,1H3. The van der Waals surface area contributed by atoms with E-state index in [1.54, 1.807) is 0 Å². The maximum absolute atomic E-state index is 12.2. The summed E-state index contributed by atoms with van der Waals surface area (Å²) < 4.78 is 62.4. The van der Waals surface area contributed by atoms with Gasteiger partial charge in [0.25, 0.3) is 0 Å². The second-order valence-electron chi connectivity index (χ2n) is 4.26. The molecule has 1 aromatic carbocycles. The monoisotopic (exact) mass is 331 g/mol. The number of hydrogen-bond donors (Lipinski definition) is 2. The van der Waals surface area contributed by atoms with Crippen LogP contribution in [0.4, 0.5) is 13.2 Å². The van der Waals surface area contributed by atoms with Crippen LogP contribution in [0.3, 0.4) is 0 Å². The number of aliphatic hydroxyl groups is 1. The first kappa shape index (κ1) is 17.2. The van der Waals surface area contributed by atoms with Crippen LogP contribution in [0.1, 0.15) is 18.9 Å². The second-order valence-corrected chi connectivity index (χ2v) is 6.35. The minimum atomic E-state index is -4.47. The van der Waals surface area contributed by atoms with Gasteiger partial charge in [-0.25, -0.2) is 13.1 Å². The highest BCUT2D eigenvalue weighted by molar-refractivity contribution is 7.89. The quantitative estimate of drug-likeness (QED) is 0.871. The molecule has 0 saturated carbocycles. The Balaban J connectivity index is 2.99. The Bertz CT molecular complexity index is 575. The summed E-state index contributed by atoms with van der Waals surface area (Å²) >= 11 is 5.73. The van der Waals surface area contributed by atoms with Crippen LogP contribution in [0.25, 0.3) is 0 Å². The normalized spacial score (nSPS) is 14.3. The first-order valence-corrected chi connectivity index (χ1v) is 7.39. The minimum absolute atomic E-state index is 0.131. The lowest BCUT2D eigenvalue weighted by atomic mass is 10.2. The predicted molar refractivity (Wildman–Crippen MR) is 67.8 cm³/mol. The van der Waals surface area contributed by atoms with Gasteiger partial charge in [-0.05, 0) is 24.6 Å². The van der Waals surface area contributed by atoms with Crippen molar-refractivity contribution in [2.24, 2.45) is 0 Å². The molecule has 20 heavy (non-hydrogen) atoms. The lowest BCUT2D eigenvalue weighted by Crippen LogP contribution is -2.36. The van der Waals surface area contributed by atoms with Gasteiger partial charge in [0.2, 0.25) is 10.0 Å². The molecule has 114 valence electrons. The average molecular weight is 332 g/mol. The largest absolute Gasteiger partial charge is 0.392 e. The smallest absolute Gasteiger partial charge is 0.390 e. The molecule has 0 aromatic heterocycles. The lowest BCUT2D eigenvalue weighted by molar-refractivity contribution is -0.137. The van der Waals surface area contributed by atoms with E-state index in [-0.39, 0.29) is 9.92 Å². The molecule has 0 heterocycles. The van der Waals surface area contributed by atoms with Gasteiger partial charge in [-0.3, -0.25) is 0 Å². The Morgan fingerprint density at radius 3 is 2.50 bits per heavy atom.